The molecule has 1 atom stereocenters. The second-order valence-corrected chi connectivity index (χ2v) is 11.3. The molecule has 2 N–H and O–H groups in total. The van der Waals surface area contributed by atoms with Crippen molar-refractivity contribution in [1.82, 2.24) is 14.9 Å². The summed E-state index contributed by atoms with van der Waals surface area (Å²) in [6, 6.07) is 6.18. The van der Waals surface area contributed by atoms with Gasteiger partial charge in [0.2, 0.25) is 21.8 Å². The molecule has 8 nitrogen and oxygen atoms in total. The zero-order valence-corrected chi connectivity index (χ0v) is 21.8. The maximum Gasteiger partial charge on any atom is 0.243 e. The molecule has 1 aromatic carbocycles. The Balaban J connectivity index is 1.82. The van der Waals surface area contributed by atoms with E-state index in [0.717, 1.165) is 31.4 Å². The SMILES string of the molecule is CCCCOCCCNC(=O)C(NC(=O)C1CCN(S(=O)(=O)c2ccc(C)cc2)CC1)C(C)C. The Morgan fingerprint density at radius 3 is 2.29 bits per heavy atom. The lowest BCUT2D eigenvalue weighted by molar-refractivity contribution is -0.132. The molecule has 1 aliphatic rings. The van der Waals surface area contributed by atoms with E-state index in [-0.39, 0.29) is 41.6 Å². The first-order valence-electron chi connectivity index (χ1n) is 12.4. The fourth-order valence-corrected chi connectivity index (χ4v) is 5.34. The number of rotatable bonds is 13. The number of amides is 2. The van der Waals surface area contributed by atoms with E-state index in [4.69, 9.17) is 4.74 Å². The van der Waals surface area contributed by atoms with Gasteiger partial charge in [0.05, 0.1) is 4.90 Å². The lowest BCUT2D eigenvalue weighted by Gasteiger charge is -2.32. The van der Waals surface area contributed by atoms with E-state index >= 15 is 0 Å². The zero-order valence-electron chi connectivity index (χ0n) is 21.0. The molecule has 9 heteroatoms. The highest BCUT2D eigenvalue weighted by Crippen LogP contribution is 2.24. The van der Waals surface area contributed by atoms with Crippen LogP contribution in [0.5, 0.6) is 0 Å². The van der Waals surface area contributed by atoms with Crippen LogP contribution in [0.2, 0.25) is 0 Å². The molecule has 0 aliphatic carbocycles. The summed E-state index contributed by atoms with van der Waals surface area (Å²) < 4.78 is 32.7. The van der Waals surface area contributed by atoms with Crippen LogP contribution in [-0.2, 0) is 24.3 Å². The molecule has 1 aliphatic heterocycles. The number of nitrogens with one attached hydrogen (secondary N) is 2. The van der Waals surface area contributed by atoms with Gasteiger partial charge in [0.1, 0.15) is 6.04 Å². The summed E-state index contributed by atoms with van der Waals surface area (Å²) in [4.78, 5) is 25.8. The van der Waals surface area contributed by atoms with Crippen molar-refractivity contribution in [3.63, 3.8) is 0 Å². The average Bonchev–Trinajstić information content (AvgIpc) is 2.81. The summed E-state index contributed by atoms with van der Waals surface area (Å²) in [5.41, 5.74) is 0.999. The summed E-state index contributed by atoms with van der Waals surface area (Å²) in [6.07, 6.45) is 3.71. The summed E-state index contributed by atoms with van der Waals surface area (Å²) >= 11 is 0. The van der Waals surface area contributed by atoms with Crippen molar-refractivity contribution in [2.45, 2.75) is 70.7 Å². The number of sulfonamides is 1. The quantitative estimate of drug-likeness (QED) is 0.410. The maximum absolute atomic E-state index is 12.9. The maximum atomic E-state index is 12.9. The predicted octanol–water partition coefficient (Wildman–Crippen LogP) is 2.86. The highest BCUT2D eigenvalue weighted by molar-refractivity contribution is 7.89. The molecule has 192 valence electrons. The Hall–Kier alpha value is -1.97. The van der Waals surface area contributed by atoms with Gasteiger partial charge in [-0.05, 0) is 50.7 Å². The van der Waals surface area contributed by atoms with Gasteiger partial charge in [-0.15, -0.1) is 0 Å². The summed E-state index contributed by atoms with van der Waals surface area (Å²) in [6.45, 7) is 10.2. The number of carbonyl (C=O) groups excluding carboxylic acids is 2. The number of nitrogens with zero attached hydrogens (tertiary/aromatic N) is 1. The van der Waals surface area contributed by atoms with Crippen LogP contribution < -0.4 is 10.6 Å². The van der Waals surface area contributed by atoms with Gasteiger partial charge < -0.3 is 15.4 Å². The van der Waals surface area contributed by atoms with Crippen molar-refractivity contribution in [1.29, 1.82) is 0 Å². The van der Waals surface area contributed by atoms with Crippen LogP contribution in [0.4, 0.5) is 0 Å². The number of aryl methyl sites for hydroxylation is 1. The van der Waals surface area contributed by atoms with Gasteiger partial charge >= 0.3 is 0 Å². The minimum absolute atomic E-state index is 0.0632. The molecule has 0 radical (unpaired) electrons. The van der Waals surface area contributed by atoms with Gasteiger partial charge in [0.15, 0.2) is 0 Å². The van der Waals surface area contributed by atoms with Gasteiger partial charge in [-0.25, -0.2) is 8.42 Å². The van der Waals surface area contributed by atoms with Gasteiger partial charge in [0.25, 0.3) is 0 Å². The number of benzene rings is 1. The van der Waals surface area contributed by atoms with Crippen molar-refractivity contribution in [3.8, 4) is 0 Å². The van der Waals surface area contributed by atoms with Crippen LogP contribution in [0.25, 0.3) is 0 Å². The largest absolute Gasteiger partial charge is 0.381 e. The highest BCUT2D eigenvalue weighted by Gasteiger charge is 2.34. The Kier molecular flexibility index (Phi) is 11.5. The first-order chi connectivity index (χ1) is 16.2. The van der Waals surface area contributed by atoms with Gasteiger partial charge in [-0.2, -0.15) is 4.31 Å². The molecule has 1 aromatic rings. The van der Waals surface area contributed by atoms with Crippen molar-refractivity contribution >= 4 is 21.8 Å². The van der Waals surface area contributed by atoms with E-state index in [1.807, 2.05) is 20.8 Å². The molecular formula is C25H41N3O5S. The van der Waals surface area contributed by atoms with Crippen LogP contribution in [0, 0.1) is 18.8 Å². The third-order valence-electron chi connectivity index (χ3n) is 6.14. The Bertz CT molecular complexity index is 878. The van der Waals surface area contributed by atoms with Crippen molar-refractivity contribution in [3.05, 3.63) is 29.8 Å². The van der Waals surface area contributed by atoms with Crippen LogP contribution in [-0.4, -0.2) is 63.4 Å². The molecular weight excluding hydrogens is 454 g/mol. The average molecular weight is 496 g/mol. The second kappa shape index (κ2) is 13.8. The third-order valence-corrected chi connectivity index (χ3v) is 8.05. The molecule has 1 unspecified atom stereocenters. The van der Waals surface area contributed by atoms with E-state index in [1.165, 1.54) is 4.31 Å². The topological polar surface area (TPSA) is 105 Å². The van der Waals surface area contributed by atoms with E-state index in [0.29, 0.717) is 26.0 Å². The van der Waals surface area contributed by atoms with Crippen molar-refractivity contribution in [2.24, 2.45) is 11.8 Å². The number of hydrogen-bond acceptors (Lipinski definition) is 5. The standard InChI is InChI=1S/C25H41N3O5S/c1-5-6-17-33-18-7-14-26-25(30)23(19(2)3)27-24(29)21-12-15-28(16-13-21)34(31,32)22-10-8-20(4)9-11-22/h8-11,19,21,23H,5-7,12-18H2,1-4H3,(H,26,30)(H,27,29). The number of hydrogen-bond donors (Lipinski definition) is 2. The van der Waals surface area contributed by atoms with Gasteiger partial charge in [-0.1, -0.05) is 44.9 Å². The minimum Gasteiger partial charge on any atom is -0.381 e. The first-order valence-corrected chi connectivity index (χ1v) is 13.8. The van der Waals surface area contributed by atoms with Crippen LogP contribution in [0.15, 0.2) is 29.2 Å². The van der Waals surface area contributed by atoms with E-state index in [1.54, 1.807) is 24.3 Å². The number of unbranched alkanes of at least 4 members (excludes halogenated alkanes) is 1. The van der Waals surface area contributed by atoms with Gasteiger partial charge in [0, 0.05) is 38.8 Å². The summed E-state index contributed by atoms with van der Waals surface area (Å²) in [5, 5.41) is 5.79. The monoisotopic (exact) mass is 495 g/mol. The Labute approximate surface area is 204 Å². The molecule has 1 fully saturated rings. The minimum atomic E-state index is -3.57. The molecule has 1 saturated heterocycles. The molecule has 0 saturated carbocycles. The molecule has 2 amide bonds. The lowest BCUT2D eigenvalue weighted by atomic mass is 9.95. The number of carbonyl (C=O) groups is 2. The van der Waals surface area contributed by atoms with Crippen LogP contribution >= 0.6 is 0 Å². The predicted molar refractivity (Wildman–Crippen MR) is 133 cm³/mol. The molecule has 1 heterocycles. The highest BCUT2D eigenvalue weighted by atomic mass is 32.2. The first kappa shape index (κ1) is 28.3. The van der Waals surface area contributed by atoms with Crippen molar-refractivity contribution in [2.75, 3.05) is 32.8 Å². The Morgan fingerprint density at radius 2 is 1.71 bits per heavy atom. The zero-order chi connectivity index (χ0) is 25.1. The smallest absolute Gasteiger partial charge is 0.243 e. The van der Waals surface area contributed by atoms with Gasteiger partial charge in [-0.3, -0.25) is 9.59 Å². The van der Waals surface area contributed by atoms with Crippen molar-refractivity contribution < 1.29 is 22.7 Å². The fourth-order valence-electron chi connectivity index (χ4n) is 3.87. The van der Waals surface area contributed by atoms with Crippen LogP contribution in [0.3, 0.4) is 0 Å². The fraction of sp³-hybridized carbons (Fsp3) is 0.680. The van der Waals surface area contributed by atoms with Crippen LogP contribution in [0.1, 0.15) is 58.4 Å². The molecule has 0 spiro atoms. The molecule has 2 rings (SSSR count). The summed E-state index contributed by atoms with van der Waals surface area (Å²) in [7, 11) is -3.57. The Morgan fingerprint density at radius 1 is 1.09 bits per heavy atom. The van der Waals surface area contributed by atoms with E-state index in [9.17, 15) is 18.0 Å². The molecule has 34 heavy (non-hydrogen) atoms. The lowest BCUT2D eigenvalue weighted by Crippen LogP contribution is -2.52. The second-order valence-electron chi connectivity index (χ2n) is 9.33. The van der Waals surface area contributed by atoms with E-state index < -0.39 is 16.1 Å². The molecule has 0 bridgehead atoms. The van der Waals surface area contributed by atoms with E-state index in [2.05, 4.69) is 17.6 Å². The number of piperidine rings is 1. The normalized spacial score (nSPS) is 16.4. The summed E-state index contributed by atoms with van der Waals surface area (Å²) in [5.74, 6) is -0.766. The third kappa shape index (κ3) is 8.36. The number of ether oxygens (including phenoxy) is 1. The molecule has 0 aromatic heterocycles.